The lowest BCUT2D eigenvalue weighted by molar-refractivity contribution is -0.141. The fourth-order valence-corrected chi connectivity index (χ4v) is 3.73. The molecule has 3 rings (SSSR count). The zero-order valence-corrected chi connectivity index (χ0v) is 15.9. The minimum Gasteiger partial charge on any atom is -0.497 e. The van der Waals surface area contributed by atoms with E-state index < -0.39 is 5.97 Å². The number of carbonyl (C=O) groups excluding carboxylic acids is 1. The molecule has 1 atom stereocenters. The Balaban J connectivity index is 1.93. The Hall–Kier alpha value is -2.87. The van der Waals surface area contributed by atoms with Crippen molar-refractivity contribution in [1.82, 2.24) is 5.01 Å². The molecule has 1 aliphatic heterocycles. The standard InChI is InChI=1S/C19H20N2O5S/c1-25-13-8-12(9-14(10-13)26-2)15-11-16(17-4-3-7-27-17)21(20-15)18(22)5-6-19(23)24/h3-4,7-10,16H,5-6,11H2,1-2H3,(H,23,24)/t16-/m1/s1. The first-order chi connectivity index (χ1) is 13.0. The molecule has 0 aliphatic carbocycles. The summed E-state index contributed by atoms with van der Waals surface area (Å²) in [5, 5.41) is 16.8. The zero-order valence-electron chi connectivity index (χ0n) is 15.0. The fourth-order valence-electron chi connectivity index (χ4n) is 2.92. The molecule has 27 heavy (non-hydrogen) atoms. The number of carbonyl (C=O) groups is 2. The second kappa shape index (κ2) is 8.22. The van der Waals surface area contributed by atoms with Crippen LogP contribution in [-0.4, -0.2) is 41.9 Å². The molecule has 2 aromatic rings. The number of ether oxygens (including phenoxy) is 2. The van der Waals surface area contributed by atoms with Gasteiger partial charge in [0.05, 0.1) is 32.4 Å². The number of carboxylic acid groups (broad SMARTS) is 1. The van der Waals surface area contributed by atoms with Gasteiger partial charge >= 0.3 is 5.97 Å². The summed E-state index contributed by atoms with van der Waals surface area (Å²) in [5.41, 5.74) is 1.54. The number of methoxy groups -OCH3 is 2. The van der Waals surface area contributed by atoms with E-state index in [1.54, 1.807) is 31.6 Å². The topological polar surface area (TPSA) is 88.4 Å². The Kier molecular flexibility index (Phi) is 5.75. The summed E-state index contributed by atoms with van der Waals surface area (Å²) < 4.78 is 10.6. The van der Waals surface area contributed by atoms with Gasteiger partial charge in [-0.1, -0.05) is 6.07 Å². The van der Waals surface area contributed by atoms with Crippen molar-refractivity contribution in [3.8, 4) is 11.5 Å². The van der Waals surface area contributed by atoms with E-state index >= 15 is 0 Å². The van der Waals surface area contributed by atoms with Gasteiger partial charge in [-0.2, -0.15) is 5.10 Å². The molecule has 1 aromatic heterocycles. The molecule has 142 valence electrons. The van der Waals surface area contributed by atoms with Crippen molar-refractivity contribution in [3.63, 3.8) is 0 Å². The van der Waals surface area contributed by atoms with Gasteiger partial charge in [-0.25, -0.2) is 5.01 Å². The third kappa shape index (κ3) is 4.28. The third-order valence-corrected chi connectivity index (χ3v) is 5.25. The summed E-state index contributed by atoms with van der Waals surface area (Å²) in [7, 11) is 3.15. The van der Waals surface area contributed by atoms with Gasteiger partial charge in [0.2, 0.25) is 5.91 Å². The maximum atomic E-state index is 12.6. The van der Waals surface area contributed by atoms with Gasteiger partial charge in [0.15, 0.2) is 0 Å². The summed E-state index contributed by atoms with van der Waals surface area (Å²) in [5.74, 6) is -0.0385. The fraction of sp³-hybridized carbons (Fsp3) is 0.316. The summed E-state index contributed by atoms with van der Waals surface area (Å²) >= 11 is 1.55. The van der Waals surface area contributed by atoms with E-state index in [1.165, 1.54) is 5.01 Å². The lowest BCUT2D eigenvalue weighted by Crippen LogP contribution is -2.26. The highest BCUT2D eigenvalue weighted by atomic mass is 32.1. The molecule has 0 bridgehead atoms. The van der Waals surface area contributed by atoms with Crippen LogP contribution in [0.4, 0.5) is 0 Å². The Morgan fingerprint density at radius 2 is 1.93 bits per heavy atom. The Bertz CT molecular complexity index is 841. The van der Waals surface area contributed by atoms with E-state index in [-0.39, 0.29) is 24.8 Å². The minimum atomic E-state index is -1.00. The molecule has 8 heteroatoms. The minimum absolute atomic E-state index is 0.0879. The Morgan fingerprint density at radius 3 is 2.48 bits per heavy atom. The number of hydrogen-bond acceptors (Lipinski definition) is 6. The van der Waals surface area contributed by atoms with Crippen molar-refractivity contribution in [2.24, 2.45) is 5.10 Å². The number of rotatable bonds is 7. The van der Waals surface area contributed by atoms with E-state index in [9.17, 15) is 9.59 Å². The van der Waals surface area contributed by atoms with E-state index in [0.717, 1.165) is 16.2 Å². The number of hydrogen-bond donors (Lipinski definition) is 1. The van der Waals surface area contributed by atoms with Crippen LogP contribution in [0.5, 0.6) is 11.5 Å². The van der Waals surface area contributed by atoms with Crippen molar-refractivity contribution in [2.45, 2.75) is 25.3 Å². The van der Waals surface area contributed by atoms with Gasteiger partial charge in [-0.05, 0) is 23.6 Å². The van der Waals surface area contributed by atoms with Gasteiger partial charge in [0.1, 0.15) is 11.5 Å². The first-order valence-electron chi connectivity index (χ1n) is 8.40. The number of aliphatic carboxylic acids is 1. The number of thiophene rings is 1. The maximum Gasteiger partial charge on any atom is 0.303 e. The predicted octanol–water partition coefficient (Wildman–Crippen LogP) is 3.31. The van der Waals surface area contributed by atoms with Crippen molar-refractivity contribution in [1.29, 1.82) is 0 Å². The van der Waals surface area contributed by atoms with Crippen LogP contribution in [0.15, 0.2) is 40.8 Å². The number of carboxylic acids is 1. The zero-order chi connectivity index (χ0) is 19.4. The van der Waals surface area contributed by atoms with Crippen LogP contribution < -0.4 is 9.47 Å². The molecule has 0 saturated carbocycles. The van der Waals surface area contributed by atoms with Crippen molar-refractivity contribution in [2.75, 3.05) is 14.2 Å². The van der Waals surface area contributed by atoms with Gasteiger partial charge in [-0.15, -0.1) is 11.3 Å². The highest BCUT2D eigenvalue weighted by molar-refractivity contribution is 7.10. The molecule has 7 nitrogen and oxygen atoms in total. The first-order valence-corrected chi connectivity index (χ1v) is 9.28. The van der Waals surface area contributed by atoms with Crippen molar-refractivity contribution >= 4 is 28.9 Å². The molecule has 2 heterocycles. The van der Waals surface area contributed by atoms with Crippen molar-refractivity contribution in [3.05, 3.63) is 46.2 Å². The molecule has 0 saturated heterocycles. The average molecular weight is 388 g/mol. The normalized spacial score (nSPS) is 16.1. The van der Waals surface area contributed by atoms with Gasteiger partial charge in [0, 0.05) is 29.3 Å². The van der Waals surface area contributed by atoms with Gasteiger partial charge in [-0.3, -0.25) is 9.59 Å². The van der Waals surface area contributed by atoms with Crippen LogP contribution in [0.3, 0.4) is 0 Å². The molecule has 1 aromatic carbocycles. The lowest BCUT2D eigenvalue weighted by Gasteiger charge is -2.20. The molecular formula is C19H20N2O5S. The van der Waals surface area contributed by atoms with Crippen LogP contribution in [0, 0.1) is 0 Å². The SMILES string of the molecule is COc1cc(OC)cc(C2=NN(C(=O)CCC(=O)O)[C@@H](c3cccs3)C2)c1. The third-order valence-electron chi connectivity index (χ3n) is 4.27. The van der Waals surface area contributed by atoms with Crippen LogP contribution in [0.2, 0.25) is 0 Å². The highest BCUT2D eigenvalue weighted by Crippen LogP contribution is 2.36. The van der Waals surface area contributed by atoms with E-state index in [4.69, 9.17) is 14.6 Å². The van der Waals surface area contributed by atoms with Gasteiger partial charge in [0.25, 0.3) is 0 Å². The molecule has 0 spiro atoms. The molecule has 1 aliphatic rings. The molecule has 1 N–H and O–H groups in total. The van der Waals surface area contributed by atoms with E-state index in [2.05, 4.69) is 5.10 Å². The van der Waals surface area contributed by atoms with Crippen LogP contribution in [0.1, 0.15) is 35.7 Å². The largest absolute Gasteiger partial charge is 0.497 e. The molecule has 1 amide bonds. The predicted molar refractivity (Wildman–Crippen MR) is 101 cm³/mol. The average Bonchev–Trinajstić information content (AvgIpc) is 3.34. The van der Waals surface area contributed by atoms with E-state index in [0.29, 0.717) is 17.9 Å². The maximum absolute atomic E-state index is 12.6. The molecule has 0 radical (unpaired) electrons. The Morgan fingerprint density at radius 1 is 1.22 bits per heavy atom. The van der Waals surface area contributed by atoms with Crippen LogP contribution in [0.25, 0.3) is 0 Å². The summed E-state index contributed by atoms with van der Waals surface area (Å²) in [4.78, 5) is 24.4. The monoisotopic (exact) mass is 388 g/mol. The first kappa shape index (κ1) is 18.9. The summed E-state index contributed by atoms with van der Waals surface area (Å²) in [6.45, 7) is 0. The number of benzene rings is 1. The van der Waals surface area contributed by atoms with Crippen molar-refractivity contribution < 1.29 is 24.2 Å². The second-order valence-corrected chi connectivity index (χ2v) is 6.99. The number of hydrazone groups is 1. The highest BCUT2D eigenvalue weighted by Gasteiger charge is 2.34. The number of amides is 1. The lowest BCUT2D eigenvalue weighted by atomic mass is 10.0. The quantitative estimate of drug-likeness (QED) is 0.786. The van der Waals surface area contributed by atoms with Gasteiger partial charge < -0.3 is 14.6 Å². The number of nitrogens with zero attached hydrogens (tertiary/aromatic N) is 2. The smallest absolute Gasteiger partial charge is 0.303 e. The molecule has 0 fully saturated rings. The molecule has 0 unspecified atom stereocenters. The summed E-state index contributed by atoms with van der Waals surface area (Å²) in [6, 6.07) is 9.10. The van der Waals surface area contributed by atoms with Crippen LogP contribution >= 0.6 is 11.3 Å². The van der Waals surface area contributed by atoms with E-state index in [1.807, 2.05) is 29.6 Å². The van der Waals surface area contributed by atoms with Crippen LogP contribution in [-0.2, 0) is 9.59 Å². The molecular weight excluding hydrogens is 368 g/mol. The summed E-state index contributed by atoms with van der Waals surface area (Å²) in [6.07, 6.45) is 0.232. The second-order valence-electron chi connectivity index (χ2n) is 6.02. The Labute approximate surface area is 160 Å².